The van der Waals surface area contributed by atoms with E-state index in [2.05, 4.69) is 10.1 Å². The molecule has 0 aliphatic carbocycles. The minimum atomic E-state index is -3.04. The highest BCUT2D eigenvalue weighted by molar-refractivity contribution is 7.99. The molecule has 1 aliphatic rings. The summed E-state index contributed by atoms with van der Waals surface area (Å²) >= 11 is 1.70. The summed E-state index contributed by atoms with van der Waals surface area (Å²) in [5, 5.41) is 13.2. The molecule has 0 bridgehead atoms. The molecule has 20 heavy (non-hydrogen) atoms. The predicted molar refractivity (Wildman–Crippen MR) is 71.6 cm³/mol. The van der Waals surface area contributed by atoms with Crippen LogP contribution in [0.3, 0.4) is 0 Å². The van der Waals surface area contributed by atoms with Crippen molar-refractivity contribution >= 4 is 11.8 Å². The third kappa shape index (κ3) is 4.29. The first kappa shape index (κ1) is 15.5. The Morgan fingerprint density at radius 2 is 2.25 bits per heavy atom. The van der Waals surface area contributed by atoms with Gasteiger partial charge in [-0.15, -0.1) is 0 Å². The zero-order valence-electron chi connectivity index (χ0n) is 10.7. The second kappa shape index (κ2) is 6.69. The van der Waals surface area contributed by atoms with Crippen LogP contribution in [-0.2, 0) is 6.54 Å². The Hall–Kier alpha value is -0.920. The number of rotatable bonds is 6. The molecule has 0 radical (unpaired) electrons. The van der Waals surface area contributed by atoms with Crippen molar-refractivity contribution < 1.29 is 23.0 Å². The molecule has 1 heterocycles. The third-order valence-electron chi connectivity index (χ3n) is 3.08. The fourth-order valence-electron chi connectivity index (χ4n) is 2.02. The Balaban J connectivity index is 1.85. The molecule has 1 unspecified atom stereocenters. The van der Waals surface area contributed by atoms with Crippen LogP contribution in [0.5, 0.6) is 5.75 Å². The maximum Gasteiger partial charge on any atom is 0.387 e. The number of hydrogen-bond acceptors (Lipinski definition) is 4. The molecule has 0 amide bonds. The van der Waals surface area contributed by atoms with Gasteiger partial charge < -0.3 is 15.2 Å². The average Bonchev–Trinajstić information content (AvgIpc) is 2.79. The Kier molecular flexibility index (Phi) is 5.17. The van der Waals surface area contributed by atoms with Gasteiger partial charge in [-0.2, -0.15) is 20.5 Å². The highest BCUT2D eigenvalue weighted by Crippen LogP contribution is 2.27. The van der Waals surface area contributed by atoms with E-state index in [4.69, 9.17) is 0 Å². The van der Waals surface area contributed by atoms with Crippen molar-refractivity contribution in [2.24, 2.45) is 0 Å². The normalized spacial score (nSPS) is 22.4. The topological polar surface area (TPSA) is 41.5 Å². The maximum atomic E-state index is 13.5. The van der Waals surface area contributed by atoms with Gasteiger partial charge in [-0.3, -0.25) is 0 Å². The molecule has 112 valence electrons. The van der Waals surface area contributed by atoms with Gasteiger partial charge in [0.25, 0.3) is 0 Å². The molecule has 1 fully saturated rings. The summed E-state index contributed by atoms with van der Waals surface area (Å²) in [5.41, 5.74) is -0.0968. The van der Waals surface area contributed by atoms with Crippen molar-refractivity contribution in [3.05, 3.63) is 29.6 Å². The number of hydrogen-bond donors (Lipinski definition) is 2. The SMILES string of the molecule is OC1(CNCc2ccc(OC(F)F)c(F)c2)CCSC1. The van der Waals surface area contributed by atoms with Gasteiger partial charge in [-0.1, -0.05) is 6.07 Å². The standard InChI is InChI=1S/C13H16F3NO2S/c14-10-5-9(1-2-11(10)19-12(15)16)6-17-7-13(18)3-4-20-8-13/h1-2,5,12,17-18H,3-4,6-8H2. The number of thioether (sulfide) groups is 1. The van der Waals surface area contributed by atoms with Gasteiger partial charge in [0.2, 0.25) is 0 Å². The summed E-state index contributed by atoms with van der Waals surface area (Å²) in [6, 6.07) is 3.85. The zero-order valence-corrected chi connectivity index (χ0v) is 11.6. The third-order valence-corrected chi connectivity index (χ3v) is 4.31. The van der Waals surface area contributed by atoms with Gasteiger partial charge in [-0.05, 0) is 29.9 Å². The Morgan fingerprint density at radius 3 is 2.85 bits per heavy atom. The molecule has 1 saturated heterocycles. The molecule has 1 atom stereocenters. The molecule has 1 aromatic rings. The van der Waals surface area contributed by atoms with Crippen LogP contribution in [0.25, 0.3) is 0 Å². The molecule has 0 aromatic heterocycles. The molecule has 2 N–H and O–H groups in total. The summed E-state index contributed by atoms with van der Waals surface area (Å²) < 4.78 is 41.5. The monoisotopic (exact) mass is 307 g/mol. The van der Waals surface area contributed by atoms with Gasteiger partial charge in [0, 0.05) is 18.8 Å². The van der Waals surface area contributed by atoms with Gasteiger partial charge in [0.15, 0.2) is 11.6 Å². The largest absolute Gasteiger partial charge is 0.432 e. The Morgan fingerprint density at radius 1 is 1.45 bits per heavy atom. The summed E-state index contributed by atoms with van der Waals surface area (Å²) in [6.45, 7) is -2.25. The first-order valence-electron chi connectivity index (χ1n) is 6.23. The minimum absolute atomic E-state index is 0.360. The van der Waals surface area contributed by atoms with Crippen LogP contribution in [0.15, 0.2) is 18.2 Å². The second-order valence-corrected chi connectivity index (χ2v) is 5.88. The number of alkyl halides is 2. The summed E-state index contributed by atoms with van der Waals surface area (Å²) in [5.74, 6) is 0.344. The van der Waals surface area contributed by atoms with Crippen LogP contribution >= 0.6 is 11.8 Å². The van der Waals surface area contributed by atoms with Crippen LogP contribution in [0.1, 0.15) is 12.0 Å². The highest BCUT2D eigenvalue weighted by Gasteiger charge is 2.30. The summed E-state index contributed by atoms with van der Waals surface area (Å²) in [7, 11) is 0. The van der Waals surface area contributed by atoms with Gasteiger partial charge >= 0.3 is 6.61 Å². The zero-order chi connectivity index (χ0) is 14.6. The van der Waals surface area contributed by atoms with E-state index in [0.717, 1.165) is 18.2 Å². The van der Waals surface area contributed by atoms with Crippen molar-refractivity contribution in [3.8, 4) is 5.75 Å². The van der Waals surface area contributed by atoms with Crippen LogP contribution < -0.4 is 10.1 Å². The lowest BCUT2D eigenvalue weighted by Crippen LogP contribution is -2.40. The Labute approximate surface area is 119 Å². The quantitative estimate of drug-likeness (QED) is 0.847. The second-order valence-electron chi connectivity index (χ2n) is 4.77. The van der Waals surface area contributed by atoms with Crippen LogP contribution in [0.4, 0.5) is 13.2 Å². The number of halogens is 3. The lowest BCUT2D eigenvalue weighted by molar-refractivity contribution is -0.0522. The van der Waals surface area contributed by atoms with Crippen molar-refractivity contribution in [2.75, 3.05) is 18.1 Å². The number of benzene rings is 1. The van der Waals surface area contributed by atoms with Crippen molar-refractivity contribution in [2.45, 2.75) is 25.2 Å². The summed E-state index contributed by atoms with van der Waals surface area (Å²) in [6.07, 6.45) is 0.736. The van der Waals surface area contributed by atoms with Crippen molar-refractivity contribution in [1.82, 2.24) is 5.32 Å². The maximum absolute atomic E-state index is 13.5. The Bertz CT molecular complexity index is 453. The van der Waals surface area contributed by atoms with E-state index in [1.165, 1.54) is 12.1 Å². The lowest BCUT2D eigenvalue weighted by atomic mass is 10.0. The highest BCUT2D eigenvalue weighted by atomic mass is 32.2. The van der Waals surface area contributed by atoms with E-state index in [1.54, 1.807) is 11.8 Å². The first-order chi connectivity index (χ1) is 9.48. The molecule has 2 rings (SSSR count). The molecule has 7 heteroatoms. The predicted octanol–water partition coefficient (Wildman–Crippen LogP) is 2.38. The van der Waals surface area contributed by atoms with Crippen LogP contribution in [0, 0.1) is 5.82 Å². The fourth-order valence-corrected chi connectivity index (χ4v) is 3.32. The van der Waals surface area contributed by atoms with Gasteiger partial charge in [0.1, 0.15) is 0 Å². The van der Waals surface area contributed by atoms with E-state index in [0.29, 0.717) is 24.4 Å². The number of aliphatic hydroxyl groups is 1. The fraction of sp³-hybridized carbons (Fsp3) is 0.538. The van der Waals surface area contributed by atoms with Crippen LogP contribution in [0.2, 0.25) is 0 Å². The molecular weight excluding hydrogens is 291 g/mol. The van der Waals surface area contributed by atoms with E-state index in [9.17, 15) is 18.3 Å². The van der Waals surface area contributed by atoms with E-state index in [-0.39, 0.29) is 0 Å². The van der Waals surface area contributed by atoms with Gasteiger partial charge in [0.05, 0.1) is 5.60 Å². The molecule has 3 nitrogen and oxygen atoms in total. The summed E-state index contributed by atoms with van der Waals surface area (Å²) in [4.78, 5) is 0. The number of ether oxygens (including phenoxy) is 1. The van der Waals surface area contributed by atoms with Crippen molar-refractivity contribution in [3.63, 3.8) is 0 Å². The number of nitrogens with one attached hydrogen (secondary N) is 1. The van der Waals surface area contributed by atoms with Crippen molar-refractivity contribution in [1.29, 1.82) is 0 Å². The molecule has 1 aliphatic heterocycles. The van der Waals surface area contributed by atoms with E-state index in [1.807, 2.05) is 0 Å². The minimum Gasteiger partial charge on any atom is -0.432 e. The first-order valence-corrected chi connectivity index (χ1v) is 7.38. The van der Waals surface area contributed by atoms with Crippen LogP contribution in [-0.4, -0.2) is 35.4 Å². The molecule has 1 aromatic carbocycles. The van der Waals surface area contributed by atoms with Gasteiger partial charge in [-0.25, -0.2) is 4.39 Å². The lowest BCUT2D eigenvalue weighted by Gasteiger charge is -2.21. The smallest absolute Gasteiger partial charge is 0.387 e. The molecule has 0 spiro atoms. The van der Waals surface area contributed by atoms with E-state index >= 15 is 0 Å². The average molecular weight is 307 g/mol. The van der Waals surface area contributed by atoms with E-state index < -0.39 is 23.8 Å². The molecule has 0 saturated carbocycles. The molecular formula is C13H16F3NO2S.